The molecule has 2 rings (SSSR count). The van der Waals surface area contributed by atoms with Crippen LogP contribution in [0.15, 0.2) is 53.4 Å². The maximum atomic E-state index is 12.3. The second kappa shape index (κ2) is 11.9. The Bertz CT molecular complexity index is 886. The minimum absolute atomic E-state index is 0.119. The molecule has 2 N–H and O–H groups in total. The minimum Gasteiger partial charge on any atom is -0.493 e. The van der Waals surface area contributed by atoms with E-state index in [0.717, 1.165) is 11.8 Å². The molecule has 30 heavy (non-hydrogen) atoms. The Kier molecular flexibility index (Phi) is 9.21. The van der Waals surface area contributed by atoms with Crippen LogP contribution in [0.4, 0.5) is 10.5 Å². The molecule has 0 radical (unpaired) electrons. The van der Waals surface area contributed by atoms with E-state index in [0.29, 0.717) is 41.5 Å². The lowest BCUT2D eigenvalue weighted by Gasteiger charge is -2.13. The molecule has 0 saturated heterocycles. The summed E-state index contributed by atoms with van der Waals surface area (Å²) in [6.07, 6.45) is 0.730. The lowest BCUT2D eigenvalue weighted by molar-refractivity contribution is -0.116. The second-order valence-corrected chi connectivity index (χ2v) is 7.59. The van der Waals surface area contributed by atoms with Crippen molar-refractivity contribution >= 4 is 34.5 Å². The normalized spacial score (nSPS) is 10.2. The fourth-order valence-electron chi connectivity index (χ4n) is 2.54. The van der Waals surface area contributed by atoms with E-state index in [2.05, 4.69) is 10.6 Å². The average Bonchev–Trinajstić information content (AvgIpc) is 2.73. The van der Waals surface area contributed by atoms with Crippen molar-refractivity contribution in [3.8, 4) is 5.75 Å². The Morgan fingerprint density at radius 3 is 2.47 bits per heavy atom. The summed E-state index contributed by atoms with van der Waals surface area (Å²) in [5, 5.41) is 5.53. The zero-order valence-corrected chi connectivity index (χ0v) is 18.3. The number of anilines is 1. The lowest BCUT2D eigenvalue weighted by atomic mass is 10.2. The van der Waals surface area contributed by atoms with Gasteiger partial charge in [0, 0.05) is 32.0 Å². The van der Waals surface area contributed by atoms with E-state index in [1.807, 2.05) is 19.1 Å². The van der Waals surface area contributed by atoms with Gasteiger partial charge in [0.1, 0.15) is 5.75 Å². The molecule has 0 bridgehead atoms. The number of benzene rings is 2. The molecule has 2 aromatic rings. The molecule has 0 aliphatic heterocycles. The highest BCUT2D eigenvalue weighted by Crippen LogP contribution is 2.28. The predicted molar refractivity (Wildman–Crippen MR) is 119 cm³/mol. The first kappa shape index (κ1) is 23.3. The van der Waals surface area contributed by atoms with Gasteiger partial charge in [0.05, 0.1) is 17.9 Å². The predicted octanol–water partition coefficient (Wildman–Crippen LogP) is 4.01. The van der Waals surface area contributed by atoms with Gasteiger partial charge in [0.2, 0.25) is 5.91 Å². The fourth-order valence-corrected chi connectivity index (χ4v) is 3.28. The Morgan fingerprint density at radius 2 is 1.73 bits per heavy atom. The number of para-hydroxylation sites is 2. The molecule has 8 heteroatoms. The number of rotatable bonds is 9. The van der Waals surface area contributed by atoms with Crippen molar-refractivity contribution in [2.24, 2.45) is 0 Å². The van der Waals surface area contributed by atoms with E-state index >= 15 is 0 Å². The smallest absolute Gasteiger partial charge is 0.286 e. The highest BCUT2D eigenvalue weighted by atomic mass is 32.2. The van der Waals surface area contributed by atoms with Gasteiger partial charge in [-0.2, -0.15) is 0 Å². The van der Waals surface area contributed by atoms with Gasteiger partial charge < -0.3 is 20.3 Å². The van der Waals surface area contributed by atoms with Crippen LogP contribution >= 0.6 is 11.8 Å². The molecule has 0 spiro atoms. The van der Waals surface area contributed by atoms with Crippen LogP contribution in [0.5, 0.6) is 5.75 Å². The maximum absolute atomic E-state index is 12.3. The summed E-state index contributed by atoms with van der Waals surface area (Å²) in [5.41, 5.74) is 1.07. The van der Waals surface area contributed by atoms with Crippen LogP contribution in [0.3, 0.4) is 0 Å². The lowest BCUT2D eigenvalue weighted by Crippen LogP contribution is -2.26. The first-order chi connectivity index (χ1) is 14.4. The Labute approximate surface area is 181 Å². The van der Waals surface area contributed by atoms with Gasteiger partial charge >= 0.3 is 0 Å². The first-order valence-corrected chi connectivity index (χ1v) is 10.5. The van der Waals surface area contributed by atoms with Gasteiger partial charge in [-0.15, -0.1) is 0 Å². The number of ether oxygens (including phenoxy) is 1. The number of hydrogen-bond acceptors (Lipinski definition) is 5. The van der Waals surface area contributed by atoms with E-state index < -0.39 is 0 Å². The third-order valence-electron chi connectivity index (χ3n) is 4.02. The molecule has 0 aliphatic carbocycles. The van der Waals surface area contributed by atoms with Crippen molar-refractivity contribution in [1.29, 1.82) is 0 Å². The summed E-state index contributed by atoms with van der Waals surface area (Å²) >= 11 is 1.06. The Balaban J connectivity index is 1.82. The van der Waals surface area contributed by atoms with E-state index in [1.165, 1.54) is 4.90 Å². The number of nitrogens with zero attached hydrogens (tertiary/aromatic N) is 1. The van der Waals surface area contributed by atoms with Crippen LogP contribution in [0.25, 0.3) is 0 Å². The van der Waals surface area contributed by atoms with Crippen LogP contribution in [-0.4, -0.2) is 49.2 Å². The largest absolute Gasteiger partial charge is 0.493 e. The molecule has 3 amide bonds. The monoisotopic (exact) mass is 429 g/mol. The van der Waals surface area contributed by atoms with E-state index in [9.17, 15) is 14.4 Å². The number of carbonyl (C=O) groups is 3. The topological polar surface area (TPSA) is 87.7 Å². The standard InChI is InChI=1S/C22H27N3O4S/c1-4-29-18-12-7-5-10-16(18)21(27)23-15-9-14-20(26)24-17-11-6-8-13-19(17)30-22(28)25(2)3/h5-8,10-13H,4,9,14-15H2,1-3H3,(H,23,27)(H,24,26). The molecule has 0 heterocycles. The van der Waals surface area contributed by atoms with Crippen molar-refractivity contribution < 1.29 is 19.1 Å². The summed E-state index contributed by atoms with van der Waals surface area (Å²) in [6.45, 7) is 2.70. The van der Waals surface area contributed by atoms with Crippen LogP contribution in [0.2, 0.25) is 0 Å². The van der Waals surface area contributed by atoms with Crippen molar-refractivity contribution in [1.82, 2.24) is 10.2 Å². The Morgan fingerprint density at radius 1 is 1.03 bits per heavy atom. The van der Waals surface area contributed by atoms with Gasteiger partial charge in [-0.1, -0.05) is 24.3 Å². The number of thioether (sulfide) groups is 1. The van der Waals surface area contributed by atoms with Gasteiger partial charge in [0.15, 0.2) is 0 Å². The molecule has 160 valence electrons. The summed E-state index contributed by atoms with van der Waals surface area (Å²) < 4.78 is 5.47. The highest BCUT2D eigenvalue weighted by Gasteiger charge is 2.13. The number of amides is 3. The third-order valence-corrected chi connectivity index (χ3v) is 5.14. The van der Waals surface area contributed by atoms with Crippen LogP contribution in [0, 0.1) is 0 Å². The van der Waals surface area contributed by atoms with Crippen molar-refractivity contribution in [2.45, 2.75) is 24.7 Å². The number of hydrogen-bond donors (Lipinski definition) is 2. The zero-order valence-electron chi connectivity index (χ0n) is 17.4. The quantitative estimate of drug-likeness (QED) is 0.465. The molecule has 7 nitrogen and oxygen atoms in total. The molecule has 0 unspecified atom stereocenters. The van der Waals surface area contributed by atoms with Crippen molar-refractivity contribution in [3.63, 3.8) is 0 Å². The molecule has 0 aliphatic rings. The second-order valence-electron chi connectivity index (χ2n) is 6.60. The summed E-state index contributed by atoms with van der Waals surface area (Å²) in [6, 6.07) is 14.2. The minimum atomic E-state index is -0.233. The zero-order chi connectivity index (χ0) is 21.9. The molecule has 0 saturated carbocycles. The number of carbonyl (C=O) groups excluding carboxylic acids is 3. The van der Waals surface area contributed by atoms with Crippen LogP contribution in [-0.2, 0) is 4.79 Å². The molecular weight excluding hydrogens is 402 g/mol. The first-order valence-electron chi connectivity index (χ1n) is 9.70. The van der Waals surface area contributed by atoms with E-state index in [-0.39, 0.29) is 23.5 Å². The maximum Gasteiger partial charge on any atom is 0.286 e. The van der Waals surface area contributed by atoms with Crippen molar-refractivity contribution in [2.75, 3.05) is 32.6 Å². The average molecular weight is 430 g/mol. The van der Waals surface area contributed by atoms with Gasteiger partial charge in [0.25, 0.3) is 11.1 Å². The molecule has 0 atom stereocenters. The third kappa shape index (κ3) is 7.11. The molecular formula is C22H27N3O4S. The summed E-state index contributed by atoms with van der Waals surface area (Å²) in [5.74, 6) is 0.129. The molecule has 0 aromatic heterocycles. The van der Waals surface area contributed by atoms with Crippen molar-refractivity contribution in [3.05, 3.63) is 54.1 Å². The van der Waals surface area contributed by atoms with E-state index in [4.69, 9.17) is 4.74 Å². The molecule has 2 aromatic carbocycles. The SMILES string of the molecule is CCOc1ccccc1C(=O)NCCCC(=O)Nc1ccccc1SC(=O)N(C)C. The summed E-state index contributed by atoms with van der Waals surface area (Å²) in [4.78, 5) is 38.7. The molecule has 0 fully saturated rings. The van der Waals surface area contributed by atoms with Gasteiger partial charge in [-0.05, 0) is 49.4 Å². The van der Waals surface area contributed by atoms with Crippen LogP contribution < -0.4 is 15.4 Å². The Hall–Kier alpha value is -3.00. The number of nitrogens with one attached hydrogen (secondary N) is 2. The highest BCUT2D eigenvalue weighted by molar-refractivity contribution is 8.13. The van der Waals surface area contributed by atoms with Crippen LogP contribution in [0.1, 0.15) is 30.1 Å². The summed E-state index contributed by atoms with van der Waals surface area (Å²) in [7, 11) is 3.36. The fraction of sp³-hybridized carbons (Fsp3) is 0.318. The van der Waals surface area contributed by atoms with E-state index in [1.54, 1.807) is 50.5 Å². The van der Waals surface area contributed by atoms with Gasteiger partial charge in [-0.3, -0.25) is 14.4 Å². The van der Waals surface area contributed by atoms with Gasteiger partial charge in [-0.25, -0.2) is 0 Å².